The Balaban J connectivity index is 2.17. The SMILES string of the molecule is COP(=O)(OC)[C@@]1(c2ccccc2)O[C@H]1c1ccc([N+](=O)[O-])cc1[N+](=O)[O-]. The number of nitro groups is 2. The summed E-state index contributed by atoms with van der Waals surface area (Å²) in [6, 6.07) is 11.6. The Morgan fingerprint density at radius 2 is 1.67 bits per heavy atom. The second-order valence-electron chi connectivity index (χ2n) is 5.68. The highest BCUT2D eigenvalue weighted by Gasteiger charge is 2.73. The first-order valence-corrected chi connectivity index (χ1v) is 9.22. The lowest BCUT2D eigenvalue weighted by atomic mass is 10.0. The molecule has 2 aromatic carbocycles. The summed E-state index contributed by atoms with van der Waals surface area (Å²) in [6.07, 6.45) is -1.04. The molecular formula is C16H15N2O8P. The molecule has 2 atom stereocenters. The number of benzene rings is 2. The summed E-state index contributed by atoms with van der Waals surface area (Å²) in [5, 5.41) is 20.8. The molecular weight excluding hydrogens is 379 g/mol. The monoisotopic (exact) mass is 394 g/mol. The third-order valence-electron chi connectivity index (χ3n) is 4.37. The minimum Gasteiger partial charge on any atom is -0.343 e. The zero-order valence-corrected chi connectivity index (χ0v) is 15.2. The Morgan fingerprint density at radius 3 is 2.19 bits per heavy atom. The summed E-state index contributed by atoms with van der Waals surface area (Å²) >= 11 is 0. The fourth-order valence-electron chi connectivity index (χ4n) is 3.05. The molecule has 0 unspecified atom stereocenters. The van der Waals surface area contributed by atoms with Crippen molar-refractivity contribution in [2.45, 2.75) is 11.4 Å². The molecule has 3 rings (SSSR count). The van der Waals surface area contributed by atoms with Crippen molar-refractivity contribution in [3.63, 3.8) is 0 Å². The number of nitro benzene ring substituents is 2. The van der Waals surface area contributed by atoms with Gasteiger partial charge in [-0.2, -0.15) is 0 Å². The molecule has 0 radical (unpaired) electrons. The first kappa shape index (κ1) is 19.1. The van der Waals surface area contributed by atoms with Gasteiger partial charge in [-0.15, -0.1) is 0 Å². The van der Waals surface area contributed by atoms with Crippen LogP contribution in [0.5, 0.6) is 0 Å². The van der Waals surface area contributed by atoms with Gasteiger partial charge in [0.2, 0.25) is 5.34 Å². The molecule has 11 heteroatoms. The van der Waals surface area contributed by atoms with Crippen LogP contribution in [-0.4, -0.2) is 24.1 Å². The van der Waals surface area contributed by atoms with Gasteiger partial charge < -0.3 is 13.8 Å². The van der Waals surface area contributed by atoms with Gasteiger partial charge in [0.1, 0.15) is 6.10 Å². The highest BCUT2D eigenvalue weighted by atomic mass is 31.2. The number of hydrogen-bond donors (Lipinski definition) is 0. The maximum Gasteiger partial charge on any atom is 0.369 e. The number of rotatable bonds is 7. The van der Waals surface area contributed by atoms with Crippen molar-refractivity contribution in [2.75, 3.05) is 14.2 Å². The molecule has 27 heavy (non-hydrogen) atoms. The average molecular weight is 394 g/mol. The van der Waals surface area contributed by atoms with E-state index in [-0.39, 0.29) is 5.56 Å². The van der Waals surface area contributed by atoms with Crippen molar-refractivity contribution in [2.24, 2.45) is 0 Å². The molecule has 0 aromatic heterocycles. The number of nitrogens with zero attached hydrogens (tertiary/aromatic N) is 2. The molecule has 0 bridgehead atoms. The Kier molecular flexibility index (Phi) is 4.83. The van der Waals surface area contributed by atoms with E-state index in [1.165, 1.54) is 20.3 Å². The molecule has 0 saturated carbocycles. The fourth-order valence-corrected chi connectivity index (χ4v) is 4.87. The van der Waals surface area contributed by atoms with Crippen LogP contribution in [-0.2, 0) is 23.7 Å². The summed E-state index contributed by atoms with van der Waals surface area (Å²) < 4.78 is 29.2. The minimum absolute atomic E-state index is 0.0452. The van der Waals surface area contributed by atoms with Crippen molar-refractivity contribution in [3.05, 3.63) is 79.9 Å². The van der Waals surface area contributed by atoms with Crippen LogP contribution in [0, 0.1) is 20.2 Å². The highest BCUT2D eigenvalue weighted by Crippen LogP contribution is 2.80. The number of non-ortho nitro benzene ring substituents is 1. The Hall–Kier alpha value is -2.65. The van der Waals surface area contributed by atoms with Crippen LogP contribution in [0.1, 0.15) is 17.2 Å². The Bertz CT molecular complexity index is 943. The zero-order valence-electron chi connectivity index (χ0n) is 14.3. The third-order valence-corrected chi connectivity index (χ3v) is 6.75. The van der Waals surface area contributed by atoms with E-state index in [0.717, 1.165) is 12.1 Å². The van der Waals surface area contributed by atoms with Crippen LogP contribution in [0.3, 0.4) is 0 Å². The van der Waals surface area contributed by atoms with Gasteiger partial charge >= 0.3 is 7.60 Å². The predicted molar refractivity (Wildman–Crippen MR) is 93.3 cm³/mol. The topological polar surface area (TPSA) is 134 Å². The standard InChI is InChI=1S/C16H15N2O8P/c1-24-27(23,25-2)16(11-6-4-3-5-7-11)15(26-16)13-9-8-12(17(19)20)10-14(13)18(21)22/h3-10,15H,1-2H3/t15-,16+/m0/s1. The predicted octanol–water partition coefficient (Wildman–Crippen LogP) is 3.91. The van der Waals surface area contributed by atoms with Gasteiger partial charge in [0, 0.05) is 20.3 Å². The van der Waals surface area contributed by atoms with E-state index in [4.69, 9.17) is 13.8 Å². The van der Waals surface area contributed by atoms with E-state index in [1.807, 2.05) is 0 Å². The van der Waals surface area contributed by atoms with Gasteiger partial charge in [0.25, 0.3) is 11.4 Å². The van der Waals surface area contributed by atoms with Crippen LogP contribution < -0.4 is 0 Å². The van der Waals surface area contributed by atoms with Gasteiger partial charge in [0.05, 0.1) is 21.5 Å². The van der Waals surface area contributed by atoms with Crippen LogP contribution in [0.2, 0.25) is 0 Å². The van der Waals surface area contributed by atoms with Gasteiger partial charge in [-0.05, 0) is 11.6 Å². The number of hydrogen-bond acceptors (Lipinski definition) is 8. The molecule has 1 aliphatic heterocycles. The summed E-state index contributed by atoms with van der Waals surface area (Å²) in [4.78, 5) is 20.9. The quantitative estimate of drug-likeness (QED) is 0.298. The van der Waals surface area contributed by atoms with Gasteiger partial charge in [-0.3, -0.25) is 24.8 Å². The van der Waals surface area contributed by atoms with E-state index in [9.17, 15) is 24.8 Å². The zero-order chi connectivity index (χ0) is 19.8. The molecule has 0 aliphatic carbocycles. The van der Waals surface area contributed by atoms with Crippen molar-refractivity contribution >= 4 is 19.0 Å². The van der Waals surface area contributed by atoms with Crippen molar-refractivity contribution in [1.82, 2.24) is 0 Å². The molecule has 0 amide bonds. The minimum atomic E-state index is -3.88. The molecule has 1 aliphatic rings. The maximum atomic E-state index is 13.2. The van der Waals surface area contributed by atoms with Crippen molar-refractivity contribution < 1.29 is 28.2 Å². The molecule has 2 aromatic rings. The maximum absolute atomic E-state index is 13.2. The highest BCUT2D eigenvalue weighted by molar-refractivity contribution is 7.55. The molecule has 10 nitrogen and oxygen atoms in total. The lowest BCUT2D eigenvalue weighted by Gasteiger charge is -2.22. The van der Waals surface area contributed by atoms with Gasteiger partial charge in [0.15, 0.2) is 0 Å². The van der Waals surface area contributed by atoms with Crippen LogP contribution in [0.25, 0.3) is 0 Å². The lowest BCUT2D eigenvalue weighted by Crippen LogP contribution is -2.14. The Morgan fingerprint density at radius 1 is 1.04 bits per heavy atom. The van der Waals surface area contributed by atoms with Gasteiger partial charge in [-0.1, -0.05) is 30.3 Å². The molecule has 0 spiro atoms. The van der Waals surface area contributed by atoms with E-state index in [0.29, 0.717) is 5.56 Å². The third kappa shape index (κ3) is 2.92. The lowest BCUT2D eigenvalue weighted by molar-refractivity contribution is -0.394. The molecule has 1 fully saturated rings. The van der Waals surface area contributed by atoms with Crippen LogP contribution >= 0.6 is 7.60 Å². The van der Waals surface area contributed by atoms with E-state index in [1.54, 1.807) is 30.3 Å². The van der Waals surface area contributed by atoms with Crippen LogP contribution in [0.15, 0.2) is 48.5 Å². The van der Waals surface area contributed by atoms with Crippen LogP contribution in [0.4, 0.5) is 11.4 Å². The second-order valence-corrected chi connectivity index (χ2v) is 8.07. The van der Waals surface area contributed by atoms with E-state index < -0.39 is 40.3 Å². The summed E-state index contributed by atoms with van der Waals surface area (Å²) in [5.41, 5.74) is -0.442. The first-order valence-electron chi connectivity index (χ1n) is 7.68. The van der Waals surface area contributed by atoms with Crippen molar-refractivity contribution in [3.8, 4) is 0 Å². The largest absolute Gasteiger partial charge is 0.369 e. The first-order chi connectivity index (χ1) is 12.8. The summed E-state index contributed by atoms with van der Waals surface area (Å²) in [5.74, 6) is 0. The molecule has 0 N–H and O–H groups in total. The van der Waals surface area contributed by atoms with Crippen molar-refractivity contribution in [1.29, 1.82) is 0 Å². The molecule has 1 heterocycles. The molecule has 142 valence electrons. The second kappa shape index (κ2) is 6.82. The smallest absolute Gasteiger partial charge is 0.343 e. The Labute approximate surface area is 153 Å². The van der Waals surface area contributed by atoms with E-state index in [2.05, 4.69) is 0 Å². The summed E-state index contributed by atoms with van der Waals surface area (Å²) in [6.45, 7) is 0. The fraction of sp³-hybridized carbons (Fsp3) is 0.250. The molecule has 1 saturated heterocycles. The van der Waals surface area contributed by atoms with E-state index >= 15 is 0 Å². The van der Waals surface area contributed by atoms with Gasteiger partial charge in [-0.25, -0.2) is 0 Å². The summed E-state index contributed by atoms with van der Waals surface area (Å²) in [7, 11) is -1.49. The normalized spacial score (nSPS) is 21.6. The number of ether oxygens (including phenoxy) is 1. The average Bonchev–Trinajstić information content (AvgIpc) is 3.44. The number of epoxide rings is 1.